The van der Waals surface area contributed by atoms with Gasteiger partial charge in [0.15, 0.2) is 5.52 Å². The maximum Gasteiger partial charge on any atom is 0.278 e. The van der Waals surface area contributed by atoms with Crippen LogP contribution in [0.25, 0.3) is 21.9 Å². The van der Waals surface area contributed by atoms with Crippen LogP contribution in [0.5, 0.6) is 0 Å². The molecule has 0 spiro atoms. The molecule has 0 fully saturated rings. The van der Waals surface area contributed by atoms with Gasteiger partial charge in [0.2, 0.25) is 0 Å². The molecule has 22 heavy (non-hydrogen) atoms. The van der Waals surface area contributed by atoms with Crippen molar-refractivity contribution in [1.82, 2.24) is 25.4 Å². The molecular weight excluding hydrogens is 278 g/mol. The normalized spacial score (nSPS) is 12.8. The standard InChI is InChI=1S/C16H13N5O/c1-9(10-4-5-13-11(7-10)3-2-6-17-13)12-8-18-16(22)15-14(12)19-21-20-15/h2-9H,1H3,(H,18,22)(H,19,20,21). The zero-order valence-corrected chi connectivity index (χ0v) is 11.9. The number of aromatic amines is 2. The third kappa shape index (κ3) is 1.88. The zero-order chi connectivity index (χ0) is 15.1. The van der Waals surface area contributed by atoms with Crippen molar-refractivity contribution in [2.24, 2.45) is 0 Å². The molecule has 0 amide bonds. The Balaban J connectivity index is 1.88. The van der Waals surface area contributed by atoms with Gasteiger partial charge in [0.05, 0.1) is 5.52 Å². The Labute approximate surface area is 125 Å². The van der Waals surface area contributed by atoms with Crippen molar-refractivity contribution < 1.29 is 0 Å². The summed E-state index contributed by atoms with van der Waals surface area (Å²) >= 11 is 0. The number of hydrogen-bond acceptors (Lipinski definition) is 4. The van der Waals surface area contributed by atoms with Gasteiger partial charge < -0.3 is 4.98 Å². The number of nitrogens with one attached hydrogen (secondary N) is 2. The van der Waals surface area contributed by atoms with Crippen LogP contribution in [-0.4, -0.2) is 25.4 Å². The van der Waals surface area contributed by atoms with Crippen molar-refractivity contribution in [3.05, 3.63) is 64.2 Å². The van der Waals surface area contributed by atoms with Gasteiger partial charge in [-0.1, -0.05) is 19.1 Å². The summed E-state index contributed by atoms with van der Waals surface area (Å²) in [5, 5.41) is 11.7. The van der Waals surface area contributed by atoms with Crippen molar-refractivity contribution in [2.45, 2.75) is 12.8 Å². The molecule has 0 bridgehead atoms. The van der Waals surface area contributed by atoms with E-state index in [9.17, 15) is 4.79 Å². The number of nitrogens with zero attached hydrogens (tertiary/aromatic N) is 3. The molecular formula is C16H13N5O. The van der Waals surface area contributed by atoms with Crippen LogP contribution in [0.3, 0.4) is 0 Å². The Hall–Kier alpha value is -3.02. The van der Waals surface area contributed by atoms with Gasteiger partial charge in [-0.2, -0.15) is 15.4 Å². The third-order valence-electron chi connectivity index (χ3n) is 3.99. The van der Waals surface area contributed by atoms with Gasteiger partial charge in [0.1, 0.15) is 5.52 Å². The molecule has 3 heterocycles. The van der Waals surface area contributed by atoms with E-state index in [0.29, 0.717) is 11.0 Å². The van der Waals surface area contributed by atoms with Gasteiger partial charge in [-0.05, 0) is 23.8 Å². The molecule has 0 aliphatic heterocycles. The van der Waals surface area contributed by atoms with Crippen LogP contribution in [0.4, 0.5) is 0 Å². The number of fused-ring (bicyclic) bond motifs is 2. The number of rotatable bonds is 2. The van der Waals surface area contributed by atoms with Crippen LogP contribution >= 0.6 is 0 Å². The molecule has 6 heteroatoms. The first-order valence-electron chi connectivity index (χ1n) is 7.01. The van der Waals surface area contributed by atoms with E-state index < -0.39 is 0 Å². The highest BCUT2D eigenvalue weighted by molar-refractivity contribution is 5.80. The lowest BCUT2D eigenvalue weighted by atomic mass is 9.92. The van der Waals surface area contributed by atoms with E-state index in [1.165, 1.54) is 0 Å². The van der Waals surface area contributed by atoms with Gasteiger partial charge in [-0.25, -0.2) is 0 Å². The zero-order valence-electron chi connectivity index (χ0n) is 11.9. The van der Waals surface area contributed by atoms with Crippen LogP contribution in [0.2, 0.25) is 0 Å². The average molecular weight is 291 g/mol. The monoisotopic (exact) mass is 291 g/mol. The second kappa shape index (κ2) is 4.77. The van der Waals surface area contributed by atoms with Crippen molar-refractivity contribution in [3.63, 3.8) is 0 Å². The molecule has 0 saturated heterocycles. The summed E-state index contributed by atoms with van der Waals surface area (Å²) in [5.74, 6) is 0.0778. The summed E-state index contributed by atoms with van der Waals surface area (Å²) in [4.78, 5) is 18.8. The first-order valence-corrected chi connectivity index (χ1v) is 7.01. The molecule has 0 aliphatic carbocycles. The molecule has 0 radical (unpaired) electrons. The summed E-state index contributed by atoms with van der Waals surface area (Å²) in [6.07, 6.45) is 3.50. The fourth-order valence-corrected chi connectivity index (χ4v) is 2.74. The predicted octanol–water partition coefficient (Wildman–Crippen LogP) is 2.35. The molecule has 4 rings (SSSR count). The van der Waals surface area contributed by atoms with E-state index in [-0.39, 0.29) is 11.5 Å². The van der Waals surface area contributed by atoms with Gasteiger partial charge in [0, 0.05) is 29.3 Å². The molecule has 0 saturated carbocycles. The van der Waals surface area contributed by atoms with Crippen molar-refractivity contribution >= 4 is 21.9 Å². The summed E-state index contributed by atoms with van der Waals surface area (Å²) in [7, 11) is 0. The molecule has 4 aromatic rings. The second-order valence-electron chi connectivity index (χ2n) is 5.27. The Kier molecular flexibility index (Phi) is 2.75. The first kappa shape index (κ1) is 12.7. The summed E-state index contributed by atoms with van der Waals surface area (Å²) in [5.41, 5.74) is 3.76. The van der Waals surface area contributed by atoms with Crippen molar-refractivity contribution in [3.8, 4) is 0 Å². The minimum absolute atomic E-state index is 0.0778. The minimum Gasteiger partial charge on any atom is -0.327 e. The Morgan fingerprint density at radius 2 is 2.00 bits per heavy atom. The summed E-state index contributed by atoms with van der Waals surface area (Å²) < 4.78 is 0. The van der Waals surface area contributed by atoms with E-state index in [1.54, 1.807) is 12.4 Å². The fourth-order valence-electron chi connectivity index (χ4n) is 2.74. The number of aromatic nitrogens is 5. The molecule has 1 unspecified atom stereocenters. The van der Waals surface area contributed by atoms with E-state index in [4.69, 9.17) is 0 Å². The Morgan fingerprint density at radius 3 is 2.91 bits per heavy atom. The lowest BCUT2D eigenvalue weighted by Crippen LogP contribution is -2.09. The third-order valence-corrected chi connectivity index (χ3v) is 3.99. The second-order valence-corrected chi connectivity index (χ2v) is 5.27. The van der Waals surface area contributed by atoms with Gasteiger partial charge in [0.25, 0.3) is 5.56 Å². The van der Waals surface area contributed by atoms with Crippen LogP contribution in [0, 0.1) is 0 Å². The van der Waals surface area contributed by atoms with Crippen LogP contribution in [-0.2, 0) is 0 Å². The number of H-pyrrole nitrogens is 2. The van der Waals surface area contributed by atoms with Crippen molar-refractivity contribution in [2.75, 3.05) is 0 Å². The topological polar surface area (TPSA) is 87.3 Å². The van der Waals surface area contributed by atoms with E-state index in [1.807, 2.05) is 18.2 Å². The average Bonchev–Trinajstić information content (AvgIpc) is 3.05. The SMILES string of the molecule is CC(c1ccc2ncccc2c1)c1c[nH]c(=O)c2n[nH]nc12. The molecule has 1 atom stereocenters. The minimum atomic E-state index is -0.234. The number of hydrogen-bond donors (Lipinski definition) is 2. The van der Waals surface area contributed by atoms with Crippen molar-refractivity contribution in [1.29, 1.82) is 0 Å². The quantitative estimate of drug-likeness (QED) is 0.593. The highest BCUT2D eigenvalue weighted by atomic mass is 16.1. The largest absolute Gasteiger partial charge is 0.327 e. The molecule has 3 aromatic heterocycles. The molecule has 1 aromatic carbocycles. The number of pyridine rings is 2. The molecule has 0 aliphatic rings. The maximum atomic E-state index is 11.7. The smallest absolute Gasteiger partial charge is 0.278 e. The fraction of sp³-hybridized carbons (Fsp3) is 0.125. The highest BCUT2D eigenvalue weighted by Crippen LogP contribution is 2.28. The van der Waals surface area contributed by atoms with E-state index >= 15 is 0 Å². The van der Waals surface area contributed by atoms with Gasteiger partial charge in [-0.3, -0.25) is 9.78 Å². The Morgan fingerprint density at radius 1 is 1.14 bits per heavy atom. The summed E-state index contributed by atoms with van der Waals surface area (Å²) in [6.45, 7) is 2.08. The van der Waals surface area contributed by atoms with E-state index in [0.717, 1.165) is 22.0 Å². The number of benzene rings is 1. The van der Waals surface area contributed by atoms with Crippen LogP contribution in [0.1, 0.15) is 24.0 Å². The summed E-state index contributed by atoms with van der Waals surface area (Å²) in [6, 6.07) is 10.1. The molecule has 108 valence electrons. The highest BCUT2D eigenvalue weighted by Gasteiger charge is 2.16. The maximum absolute atomic E-state index is 11.7. The lowest BCUT2D eigenvalue weighted by Gasteiger charge is -2.13. The van der Waals surface area contributed by atoms with Crippen LogP contribution < -0.4 is 5.56 Å². The van der Waals surface area contributed by atoms with E-state index in [2.05, 4.69) is 44.4 Å². The molecule has 2 N–H and O–H groups in total. The van der Waals surface area contributed by atoms with Gasteiger partial charge in [-0.15, -0.1) is 0 Å². The Bertz CT molecular complexity index is 1030. The van der Waals surface area contributed by atoms with Gasteiger partial charge >= 0.3 is 0 Å². The molecule has 6 nitrogen and oxygen atoms in total. The predicted molar refractivity (Wildman–Crippen MR) is 83.8 cm³/mol. The first-order chi connectivity index (χ1) is 10.7. The van der Waals surface area contributed by atoms with Crippen LogP contribution in [0.15, 0.2) is 47.5 Å². The lowest BCUT2D eigenvalue weighted by molar-refractivity contribution is 0.912.